The standard InChI is InChI=1S/C17H15ClFNO/c18-14-9-4-10-15(16(14)19)20-17(21)13-8-3-6-11-5-1-2-7-12(11)13/h1-2,4-5,7,9-10,13H,3,6,8H2,(H,20,21). The van der Waals surface area contributed by atoms with Gasteiger partial charge in [0.2, 0.25) is 5.91 Å². The Morgan fingerprint density at radius 2 is 2.00 bits per heavy atom. The van der Waals surface area contributed by atoms with E-state index < -0.39 is 5.82 Å². The normalized spacial score (nSPS) is 17.1. The minimum Gasteiger partial charge on any atom is -0.323 e. The van der Waals surface area contributed by atoms with Gasteiger partial charge < -0.3 is 5.32 Å². The summed E-state index contributed by atoms with van der Waals surface area (Å²) in [7, 11) is 0. The summed E-state index contributed by atoms with van der Waals surface area (Å²) in [6.45, 7) is 0. The molecule has 1 unspecified atom stereocenters. The third kappa shape index (κ3) is 2.79. The van der Waals surface area contributed by atoms with Crippen LogP contribution in [0, 0.1) is 5.82 Å². The molecule has 1 amide bonds. The van der Waals surface area contributed by atoms with Crippen molar-refractivity contribution < 1.29 is 9.18 Å². The second-order valence-electron chi connectivity index (χ2n) is 5.23. The largest absolute Gasteiger partial charge is 0.323 e. The SMILES string of the molecule is O=C(Nc1cccc(Cl)c1F)C1CCCc2ccccc21. The molecule has 2 aromatic carbocycles. The first-order chi connectivity index (χ1) is 10.2. The second kappa shape index (κ2) is 5.86. The zero-order chi connectivity index (χ0) is 14.8. The van der Waals surface area contributed by atoms with E-state index in [1.165, 1.54) is 17.7 Å². The Kier molecular flexibility index (Phi) is 3.93. The van der Waals surface area contributed by atoms with Gasteiger partial charge in [0.1, 0.15) is 0 Å². The van der Waals surface area contributed by atoms with Crippen molar-refractivity contribution in [2.24, 2.45) is 0 Å². The lowest BCUT2D eigenvalue weighted by Gasteiger charge is -2.24. The van der Waals surface area contributed by atoms with Gasteiger partial charge in [-0.3, -0.25) is 4.79 Å². The van der Waals surface area contributed by atoms with E-state index in [0.29, 0.717) is 0 Å². The molecule has 2 nitrogen and oxygen atoms in total. The molecule has 3 rings (SSSR count). The number of benzene rings is 2. The molecular weight excluding hydrogens is 289 g/mol. The number of anilines is 1. The van der Waals surface area contributed by atoms with Gasteiger partial charge >= 0.3 is 0 Å². The number of amides is 1. The minimum absolute atomic E-state index is 0.0110. The van der Waals surface area contributed by atoms with Crippen molar-refractivity contribution in [2.75, 3.05) is 5.32 Å². The fraction of sp³-hybridized carbons (Fsp3) is 0.235. The van der Waals surface area contributed by atoms with E-state index in [1.807, 2.05) is 18.2 Å². The first-order valence-electron chi connectivity index (χ1n) is 6.99. The third-order valence-corrected chi connectivity index (χ3v) is 4.19. The zero-order valence-electron chi connectivity index (χ0n) is 11.4. The highest BCUT2D eigenvalue weighted by Crippen LogP contribution is 2.33. The summed E-state index contributed by atoms with van der Waals surface area (Å²) in [4.78, 5) is 12.5. The Bertz CT molecular complexity index is 686. The number of carbonyl (C=O) groups excluding carboxylic acids is 1. The predicted octanol–water partition coefficient (Wildman–Crippen LogP) is 4.54. The number of carbonyl (C=O) groups is 1. The van der Waals surface area contributed by atoms with Gasteiger partial charge in [0, 0.05) is 0 Å². The van der Waals surface area contributed by atoms with Crippen molar-refractivity contribution in [1.29, 1.82) is 0 Å². The van der Waals surface area contributed by atoms with E-state index in [4.69, 9.17) is 11.6 Å². The van der Waals surface area contributed by atoms with Crippen molar-refractivity contribution >= 4 is 23.2 Å². The monoisotopic (exact) mass is 303 g/mol. The molecule has 0 saturated carbocycles. The summed E-state index contributed by atoms with van der Waals surface area (Å²) in [6, 6.07) is 12.5. The summed E-state index contributed by atoms with van der Waals surface area (Å²) in [5.74, 6) is -0.992. The van der Waals surface area contributed by atoms with Crippen molar-refractivity contribution in [1.82, 2.24) is 0 Å². The Morgan fingerprint density at radius 3 is 2.86 bits per heavy atom. The van der Waals surface area contributed by atoms with Gasteiger partial charge in [0.25, 0.3) is 0 Å². The Morgan fingerprint density at radius 1 is 1.19 bits per heavy atom. The average molecular weight is 304 g/mol. The molecule has 1 N–H and O–H groups in total. The summed E-state index contributed by atoms with van der Waals surface area (Å²) in [5.41, 5.74) is 2.38. The highest BCUT2D eigenvalue weighted by Gasteiger charge is 2.26. The number of aryl methyl sites for hydroxylation is 1. The molecule has 0 aliphatic heterocycles. The van der Waals surface area contributed by atoms with Crippen LogP contribution < -0.4 is 5.32 Å². The molecule has 0 fully saturated rings. The molecule has 0 aromatic heterocycles. The van der Waals surface area contributed by atoms with Crippen LogP contribution in [0.2, 0.25) is 5.02 Å². The van der Waals surface area contributed by atoms with Crippen molar-refractivity contribution in [3.05, 3.63) is 64.4 Å². The van der Waals surface area contributed by atoms with Crippen LogP contribution in [0.25, 0.3) is 0 Å². The highest BCUT2D eigenvalue weighted by molar-refractivity contribution is 6.31. The Labute approximate surface area is 127 Å². The van der Waals surface area contributed by atoms with Gasteiger partial charge in [-0.25, -0.2) is 4.39 Å². The van der Waals surface area contributed by atoms with E-state index >= 15 is 0 Å². The fourth-order valence-corrected chi connectivity index (χ4v) is 3.02. The Balaban J connectivity index is 1.85. The molecule has 21 heavy (non-hydrogen) atoms. The molecule has 2 aromatic rings. The third-order valence-electron chi connectivity index (χ3n) is 3.90. The lowest BCUT2D eigenvalue weighted by Crippen LogP contribution is -2.25. The predicted molar refractivity (Wildman–Crippen MR) is 82.2 cm³/mol. The van der Waals surface area contributed by atoms with E-state index in [0.717, 1.165) is 24.8 Å². The maximum Gasteiger partial charge on any atom is 0.232 e. The highest BCUT2D eigenvalue weighted by atomic mass is 35.5. The lowest BCUT2D eigenvalue weighted by molar-refractivity contribution is -0.117. The average Bonchev–Trinajstić information content (AvgIpc) is 2.51. The number of nitrogens with one attached hydrogen (secondary N) is 1. The van der Waals surface area contributed by atoms with Gasteiger partial charge in [0.15, 0.2) is 5.82 Å². The molecule has 0 bridgehead atoms. The van der Waals surface area contributed by atoms with Crippen LogP contribution >= 0.6 is 11.6 Å². The molecule has 1 atom stereocenters. The van der Waals surface area contributed by atoms with E-state index in [1.54, 1.807) is 6.07 Å². The maximum absolute atomic E-state index is 13.9. The molecule has 1 aliphatic rings. The number of halogens is 2. The maximum atomic E-state index is 13.9. The lowest BCUT2D eigenvalue weighted by atomic mass is 9.82. The molecule has 0 heterocycles. The van der Waals surface area contributed by atoms with Gasteiger partial charge in [-0.05, 0) is 42.5 Å². The topological polar surface area (TPSA) is 29.1 Å². The smallest absolute Gasteiger partial charge is 0.232 e. The molecule has 108 valence electrons. The van der Waals surface area contributed by atoms with Crippen LogP contribution in [-0.2, 0) is 11.2 Å². The number of hydrogen-bond acceptors (Lipinski definition) is 1. The van der Waals surface area contributed by atoms with Crippen LogP contribution in [0.5, 0.6) is 0 Å². The summed E-state index contributed by atoms with van der Waals surface area (Å²) in [6.07, 6.45) is 2.74. The zero-order valence-corrected chi connectivity index (χ0v) is 12.2. The summed E-state index contributed by atoms with van der Waals surface area (Å²) < 4.78 is 13.9. The van der Waals surface area contributed by atoms with Crippen molar-refractivity contribution in [3.63, 3.8) is 0 Å². The number of hydrogen-bond donors (Lipinski definition) is 1. The fourth-order valence-electron chi connectivity index (χ4n) is 2.85. The molecular formula is C17H15ClFNO. The quantitative estimate of drug-likeness (QED) is 0.867. The van der Waals surface area contributed by atoms with E-state index in [-0.39, 0.29) is 22.5 Å². The molecule has 0 radical (unpaired) electrons. The van der Waals surface area contributed by atoms with Crippen LogP contribution in [0.3, 0.4) is 0 Å². The van der Waals surface area contributed by atoms with Crippen LogP contribution in [-0.4, -0.2) is 5.91 Å². The minimum atomic E-state index is -0.586. The van der Waals surface area contributed by atoms with Crippen LogP contribution in [0.1, 0.15) is 29.9 Å². The van der Waals surface area contributed by atoms with Gasteiger partial charge in [-0.1, -0.05) is 41.9 Å². The number of rotatable bonds is 2. The Hall–Kier alpha value is -1.87. The van der Waals surface area contributed by atoms with Crippen molar-refractivity contribution in [2.45, 2.75) is 25.2 Å². The molecule has 4 heteroatoms. The summed E-state index contributed by atoms with van der Waals surface area (Å²) in [5, 5.41) is 2.67. The summed E-state index contributed by atoms with van der Waals surface area (Å²) >= 11 is 5.74. The molecule has 1 aliphatic carbocycles. The van der Waals surface area contributed by atoms with Crippen LogP contribution in [0.4, 0.5) is 10.1 Å². The van der Waals surface area contributed by atoms with Crippen molar-refractivity contribution in [3.8, 4) is 0 Å². The molecule has 0 spiro atoms. The van der Waals surface area contributed by atoms with Crippen LogP contribution in [0.15, 0.2) is 42.5 Å². The van der Waals surface area contributed by atoms with Gasteiger partial charge in [0.05, 0.1) is 16.6 Å². The molecule has 0 saturated heterocycles. The van der Waals surface area contributed by atoms with Gasteiger partial charge in [-0.2, -0.15) is 0 Å². The number of fused-ring (bicyclic) bond motifs is 1. The van der Waals surface area contributed by atoms with E-state index in [9.17, 15) is 9.18 Å². The first kappa shape index (κ1) is 14.1. The van der Waals surface area contributed by atoms with E-state index in [2.05, 4.69) is 11.4 Å². The first-order valence-corrected chi connectivity index (χ1v) is 7.37. The van der Waals surface area contributed by atoms with Gasteiger partial charge in [-0.15, -0.1) is 0 Å². The second-order valence-corrected chi connectivity index (χ2v) is 5.64.